The molecule has 0 radical (unpaired) electrons. The third-order valence-corrected chi connectivity index (χ3v) is 7.49. The molecule has 0 bridgehead atoms. The van der Waals surface area contributed by atoms with Crippen LogP contribution in [0.15, 0.2) is 9.98 Å². The van der Waals surface area contributed by atoms with Crippen molar-refractivity contribution in [1.82, 2.24) is 5.32 Å². The molecule has 15 atom stereocenters. The van der Waals surface area contributed by atoms with E-state index in [0.29, 0.717) is 0 Å². The van der Waals surface area contributed by atoms with Crippen LogP contribution in [0.1, 0.15) is 6.92 Å². The zero-order chi connectivity index (χ0) is 30.1. The predicted molar refractivity (Wildman–Crippen MR) is 134 cm³/mol. The molecule has 3 fully saturated rings. The molecule has 19 heteroatoms. The van der Waals surface area contributed by atoms with E-state index in [0.717, 1.165) is 0 Å². The Kier molecular flexibility index (Phi) is 10.5. The lowest BCUT2D eigenvalue weighted by molar-refractivity contribution is -0.317. The highest BCUT2D eigenvalue weighted by atomic mass is 16.8. The first-order chi connectivity index (χ1) is 18.7. The van der Waals surface area contributed by atoms with E-state index >= 15 is 0 Å². The van der Waals surface area contributed by atoms with Gasteiger partial charge in [-0.15, -0.1) is 0 Å². The standard InChI is InChI=1S/C21H41N7O12/c1-5-21(36,4-30)16(40-17-9(26-2)13(34)10(31)6(3-29)38-17)18(37-5)39-15-8(28-20(24)25)11(32)7(27-19(22)23)12(33)14(15)35/h5-18,26,29-36H,3-4H2,1-2H3,(H4,22,23,27)(H4,24,25,28)/t5-,6-,7-,8+,9+,10-,11+,12-,13-,14-,15+,16-,17+,18+,21-/m1/s1. The third kappa shape index (κ3) is 6.11. The normalized spacial score (nSPS) is 47.5. The van der Waals surface area contributed by atoms with Gasteiger partial charge in [-0.05, 0) is 14.0 Å². The van der Waals surface area contributed by atoms with Crippen molar-refractivity contribution in [2.45, 2.75) is 98.2 Å². The Morgan fingerprint density at radius 1 is 0.825 bits per heavy atom. The van der Waals surface area contributed by atoms with Crippen molar-refractivity contribution >= 4 is 11.9 Å². The lowest BCUT2D eigenvalue weighted by Gasteiger charge is -2.45. The van der Waals surface area contributed by atoms with Gasteiger partial charge in [0.25, 0.3) is 0 Å². The fourth-order valence-electron chi connectivity index (χ4n) is 5.17. The van der Waals surface area contributed by atoms with Gasteiger partial charge in [-0.2, -0.15) is 0 Å². The number of hydrogen-bond donors (Lipinski definition) is 13. The molecule has 0 spiro atoms. The number of guanidine groups is 2. The molecule has 0 aromatic heterocycles. The predicted octanol–water partition coefficient (Wildman–Crippen LogP) is -8.37. The summed E-state index contributed by atoms with van der Waals surface area (Å²) in [6.45, 7) is -0.199. The largest absolute Gasteiger partial charge is 0.394 e. The highest BCUT2D eigenvalue weighted by molar-refractivity contribution is 5.76. The van der Waals surface area contributed by atoms with Gasteiger partial charge in [-0.25, -0.2) is 9.98 Å². The smallest absolute Gasteiger partial charge is 0.187 e. The highest BCUT2D eigenvalue weighted by Gasteiger charge is 2.60. The quantitative estimate of drug-likeness (QED) is 0.0884. The summed E-state index contributed by atoms with van der Waals surface area (Å²) < 4.78 is 23.2. The van der Waals surface area contributed by atoms with Crippen molar-refractivity contribution in [2.24, 2.45) is 32.9 Å². The molecule has 232 valence electrons. The minimum atomic E-state index is -2.15. The minimum Gasteiger partial charge on any atom is -0.394 e. The fraction of sp³-hybridized carbons (Fsp3) is 0.905. The van der Waals surface area contributed by atoms with E-state index in [1.165, 1.54) is 14.0 Å². The van der Waals surface area contributed by atoms with Crippen LogP contribution < -0.4 is 28.3 Å². The summed E-state index contributed by atoms with van der Waals surface area (Å²) in [4.78, 5) is 7.66. The maximum atomic E-state index is 11.3. The van der Waals surface area contributed by atoms with Gasteiger partial charge < -0.3 is 88.1 Å². The van der Waals surface area contributed by atoms with Gasteiger partial charge >= 0.3 is 0 Å². The molecular weight excluding hydrogens is 542 g/mol. The van der Waals surface area contributed by atoms with Crippen molar-refractivity contribution in [1.29, 1.82) is 0 Å². The van der Waals surface area contributed by atoms with Crippen LogP contribution in [-0.4, -0.2) is 164 Å². The van der Waals surface area contributed by atoms with Gasteiger partial charge in [0, 0.05) is 0 Å². The van der Waals surface area contributed by atoms with Gasteiger partial charge in [0.2, 0.25) is 0 Å². The van der Waals surface area contributed by atoms with E-state index in [4.69, 9.17) is 41.9 Å². The second-order valence-corrected chi connectivity index (χ2v) is 10.0. The molecular formula is C21H41N7O12. The van der Waals surface area contributed by atoms with Crippen molar-refractivity contribution in [2.75, 3.05) is 20.3 Å². The molecule has 19 nitrogen and oxygen atoms in total. The van der Waals surface area contributed by atoms with E-state index < -0.39 is 116 Å². The second-order valence-electron chi connectivity index (χ2n) is 10.0. The zero-order valence-corrected chi connectivity index (χ0v) is 21.9. The summed E-state index contributed by atoms with van der Waals surface area (Å²) in [6.07, 6.45) is -16.9. The Balaban J connectivity index is 1.96. The van der Waals surface area contributed by atoms with Gasteiger partial charge in [0.05, 0.1) is 25.4 Å². The molecule has 0 aromatic rings. The lowest BCUT2D eigenvalue weighted by Crippen LogP contribution is -2.66. The Hall–Kier alpha value is -1.98. The molecule has 3 rings (SSSR count). The minimum absolute atomic E-state index is 0.493. The number of aliphatic imine (C=N–C) groups is 2. The molecule has 0 unspecified atom stereocenters. The van der Waals surface area contributed by atoms with Crippen molar-refractivity contribution in [3.63, 3.8) is 0 Å². The number of nitrogens with one attached hydrogen (secondary N) is 1. The first kappa shape index (κ1) is 32.5. The Morgan fingerprint density at radius 2 is 1.43 bits per heavy atom. The number of aliphatic hydroxyl groups is 8. The summed E-state index contributed by atoms with van der Waals surface area (Å²) in [7, 11) is 1.44. The highest BCUT2D eigenvalue weighted by Crippen LogP contribution is 2.39. The molecule has 0 amide bonds. The van der Waals surface area contributed by atoms with E-state index in [2.05, 4.69) is 15.3 Å². The first-order valence-corrected chi connectivity index (χ1v) is 12.5. The number of ether oxygens (including phenoxy) is 4. The maximum absolute atomic E-state index is 11.3. The molecule has 2 heterocycles. The molecule has 2 saturated heterocycles. The van der Waals surface area contributed by atoms with Gasteiger partial charge in [-0.3, -0.25) is 0 Å². The van der Waals surface area contributed by atoms with E-state index in [9.17, 15) is 40.9 Å². The van der Waals surface area contributed by atoms with E-state index in [1.54, 1.807) is 0 Å². The Labute approximate surface area is 229 Å². The SMILES string of the molecule is CN[C@@H]1[C@H](O[C@@H]2[C@H](O[C@@H]3[C@H](O)[C@H](O)[C@H](N=C(N)N)[C@H](O)[C@@H]3N=C(N)N)O[C@H](C)[C@]2(O)CO)O[C@H](CO)[C@@H](O)[C@@H]1O. The summed E-state index contributed by atoms with van der Waals surface area (Å²) in [5.74, 6) is -1.01. The van der Waals surface area contributed by atoms with Crippen LogP contribution in [0.4, 0.5) is 0 Å². The van der Waals surface area contributed by atoms with Gasteiger partial charge in [0.1, 0.15) is 66.5 Å². The van der Waals surface area contributed by atoms with Crippen molar-refractivity contribution in [3.05, 3.63) is 0 Å². The second kappa shape index (κ2) is 12.9. The van der Waals surface area contributed by atoms with E-state index in [1.807, 2.05) is 0 Å². The van der Waals surface area contributed by atoms with Gasteiger partial charge in [-0.1, -0.05) is 0 Å². The monoisotopic (exact) mass is 583 g/mol. The zero-order valence-electron chi connectivity index (χ0n) is 21.9. The van der Waals surface area contributed by atoms with Crippen LogP contribution in [0.2, 0.25) is 0 Å². The van der Waals surface area contributed by atoms with Crippen molar-refractivity contribution < 1.29 is 59.8 Å². The van der Waals surface area contributed by atoms with Crippen LogP contribution in [0.3, 0.4) is 0 Å². The molecule has 1 aliphatic carbocycles. The number of aliphatic hydroxyl groups excluding tert-OH is 7. The molecule has 1 saturated carbocycles. The Bertz CT molecular complexity index is 911. The van der Waals surface area contributed by atoms with Crippen LogP contribution in [0.5, 0.6) is 0 Å². The summed E-state index contributed by atoms with van der Waals surface area (Å²) >= 11 is 0. The Morgan fingerprint density at radius 3 is 1.95 bits per heavy atom. The van der Waals surface area contributed by atoms with Crippen LogP contribution in [0, 0.1) is 0 Å². The number of rotatable bonds is 9. The topological polar surface area (TPSA) is 340 Å². The molecule has 40 heavy (non-hydrogen) atoms. The lowest BCUT2D eigenvalue weighted by atomic mass is 9.81. The number of hydrogen-bond acceptors (Lipinski definition) is 15. The van der Waals surface area contributed by atoms with Crippen LogP contribution >= 0.6 is 0 Å². The average Bonchev–Trinajstić information content (AvgIpc) is 3.13. The third-order valence-electron chi connectivity index (χ3n) is 7.49. The van der Waals surface area contributed by atoms with Crippen LogP contribution in [-0.2, 0) is 18.9 Å². The average molecular weight is 584 g/mol. The van der Waals surface area contributed by atoms with Crippen molar-refractivity contribution in [3.8, 4) is 0 Å². The number of nitrogens with two attached hydrogens (primary N) is 4. The summed E-state index contributed by atoms with van der Waals surface area (Å²) in [5.41, 5.74) is 19.7. The van der Waals surface area contributed by atoms with Crippen LogP contribution in [0.25, 0.3) is 0 Å². The first-order valence-electron chi connectivity index (χ1n) is 12.5. The molecule has 17 N–H and O–H groups in total. The molecule has 3 aliphatic rings. The summed E-state index contributed by atoms with van der Waals surface area (Å²) in [6, 6.07) is -4.00. The molecule has 0 aromatic carbocycles. The number of nitrogens with zero attached hydrogens (tertiary/aromatic N) is 2. The summed E-state index contributed by atoms with van der Waals surface area (Å²) in [5, 5.41) is 87.0. The fourth-order valence-corrected chi connectivity index (χ4v) is 5.17. The maximum Gasteiger partial charge on any atom is 0.187 e. The van der Waals surface area contributed by atoms with E-state index in [-0.39, 0.29) is 0 Å². The van der Waals surface area contributed by atoms with Gasteiger partial charge in [0.15, 0.2) is 24.5 Å². The molecule has 2 aliphatic heterocycles. The number of likely N-dealkylation sites (N-methyl/N-ethyl adjacent to an activating group) is 1.